The van der Waals surface area contributed by atoms with E-state index in [-0.39, 0.29) is 16.8 Å². The second-order valence-electron chi connectivity index (χ2n) is 3.82. The van der Waals surface area contributed by atoms with Crippen molar-refractivity contribution < 1.29 is 14.3 Å². The number of carbonyl (C=O) groups excluding carboxylic acids is 1. The van der Waals surface area contributed by atoms with Crippen LogP contribution >= 0.6 is 12.2 Å². The molecule has 3 rings (SSSR count). The highest BCUT2D eigenvalue weighted by Crippen LogP contribution is 2.27. The molecule has 0 unspecified atom stereocenters. The van der Waals surface area contributed by atoms with Crippen LogP contribution in [-0.2, 0) is 16.0 Å². The number of benzene rings is 1. The summed E-state index contributed by atoms with van der Waals surface area (Å²) in [6.07, 6.45) is 2.57. The molecule has 2 aliphatic heterocycles. The smallest absolute Gasteiger partial charge is 0.294 e. The Morgan fingerprint density at radius 2 is 2.29 bits per heavy atom. The highest BCUT2D eigenvalue weighted by molar-refractivity contribution is 7.80. The maximum Gasteiger partial charge on any atom is 0.294 e. The first-order chi connectivity index (χ1) is 8.22. The predicted octanol–water partition coefficient (Wildman–Crippen LogP) is 1.39. The van der Waals surface area contributed by atoms with E-state index in [1.165, 1.54) is 0 Å². The molecule has 2 aliphatic rings. The van der Waals surface area contributed by atoms with Gasteiger partial charge in [-0.15, -0.1) is 0 Å². The van der Waals surface area contributed by atoms with Gasteiger partial charge in [-0.2, -0.15) is 0 Å². The number of ether oxygens (including phenoxy) is 2. The molecule has 0 aliphatic carbocycles. The van der Waals surface area contributed by atoms with Gasteiger partial charge in [-0.05, 0) is 41.6 Å². The van der Waals surface area contributed by atoms with Crippen molar-refractivity contribution in [2.75, 3.05) is 6.61 Å². The Kier molecular flexibility index (Phi) is 2.33. The SMILES string of the molecule is O=C1NC(=S)O/C1=C\c1ccc2c(c1)CCO2. The van der Waals surface area contributed by atoms with Crippen molar-refractivity contribution in [2.45, 2.75) is 6.42 Å². The molecular weight excluding hydrogens is 238 g/mol. The number of nitrogens with one attached hydrogen (secondary N) is 1. The standard InChI is InChI=1S/C12H9NO3S/c14-11-10(16-12(17)13-11)6-7-1-2-9-8(5-7)3-4-15-9/h1-2,5-6H,3-4H2,(H,13,14,17)/b10-6-. The van der Waals surface area contributed by atoms with Crippen LogP contribution in [0.15, 0.2) is 24.0 Å². The van der Waals surface area contributed by atoms with Crippen LogP contribution in [0.4, 0.5) is 0 Å². The third-order valence-corrected chi connectivity index (χ3v) is 2.84. The van der Waals surface area contributed by atoms with E-state index in [1.54, 1.807) is 6.08 Å². The summed E-state index contributed by atoms with van der Waals surface area (Å²) in [5, 5.41) is 2.52. The van der Waals surface area contributed by atoms with Crippen LogP contribution < -0.4 is 10.1 Å². The van der Waals surface area contributed by atoms with Crippen molar-refractivity contribution in [1.29, 1.82) is 0 Å². The zero-order valence-corrected chi connectivity index (χ0v) is 9.67. The fraction of sp³-hybridized carbons (Fsp3) is 0.167. The Balaban J connectivity index is 1.93. The Labute approximate surface area is 103 Å². The van der Waals surface area contributed by atoms with Gasteiger partial charge in [-0.25, -0.2) is 0 Å². The number of hydrogen-bond donors (Lipinski definition) is 1. The second kappa shape index (κ2) is 3.85. The van der Waals surface area contributed by atoms with Gasteiger partial charge in [0.2, 0.25) is 0 Å². The molecule has 1 fully saturated rings. The molecule has 1 saturated heterocycles. The summed E-state index contributed by atoms with van der Waals surface area (Å²) in [5.74, 6) is 0.847. The van der Waals surface area contributed by atoms with Crippen molar-refractivity contribution in [3.8, 4) is 5.75 Å². The van der Waals surface area contributed by atoms with E-state index in [9.17, 15) is 4.79 Å². The van der Waals surface area contributed by atoms with Crippen LogP contribution in [0.25, 0.3) is 6.08 Å². The molecule has 0 atom stereocenters. The lowest BCUT2D eigenvalue weighted by atomic mass is 10.1. The molecule has 1 amide bonds. The number of carbonyl (C=O) groups is 1. The molecule has 0 spiro atoms. The predicted molar refractivity (Wildman–Crippen MR) is 65.4 cm³/mol. The molecule has 0 saturated carbocycles. The normalized spacial score (nSPS) is 19.9. The largest absolute Gasteiger partial charge is 0.493 e. The van der Waals surface area contributed by atoms with Crippen molar-refractivity contribution in [3.05, 3.63) is 35.1 Å². The third-order valence-electron chi connectivity index (χ3n) is 2.65. The zero-order chi connectivity index (χ0) is 11.8. The fourth-order valence-corrected chi connectivity index (χ4v) is 2.05. The number of hydrogen-bond acceptors (Lipinski definition) is 4. The number of rotatable bonds is 1. The van der Waals surface area contributed by atoms with Crippen molar-refractivity contribution >= 4 is 29.4 Å². The van der Waals surface area contributed by atoms with E-state index < -0.39 is 0 Å². The summed E-state index contributed by atoms with van der Waals surface area (Å²) in [6, 6.07) is 5.78. The van der Waals surface area contributed by atoms with E-state index >= 15 is 0 Å². The Hall–Kier alpha value is -1.88. The third kappa shape index (κ3) is 1.89. The molecule has 17 heavy (non-hydrogen) atoms. The van der Waals surface area contributed by atoms with E-state index in [2.05, 4.69) is 5.32 Å². The quantitative estimate of drug-likeness (QED) is 0.602. The monoisotopic (exact) mass is 247 g/mol. The van der Waals surface area contributed by atoms with Crippen LogP contribution in [0.3, 0.4) is 0 Å². The average Bonchev–Trinajstić information content (AvgIpc) is 2.85. The Morgan fingerprint density at radius 1 is 1.41 bits per heavy atom. The summed E-state index contributed by atoms with van der Waals surface area (Å²) in [5.41, 5.74) is 2.06. The summed E-state index contributed by atoms with van der Waals surface area (Å²) >= 11 is 4.75. The molecule has 0 bridgehead atoms. The van der Waals surface area contributed by atoms with E-state index in [1.807, 2.05) is 18.2 Å². The van der Waals surface area contributed by atoms with E-state index in [0.29, 0.717) is 0 Å². The van der Waals surface area contributed by atoms with Crippen LogP contribution in [0.5, 0.6) is 5.75 Å². The summed E-state index contributed by atoms with van der Waals surface area (Å²) < 4.78 is 10.5. The maximum absolute atomic E-state index is 11.4. The molecule has 1 aromatic carbocycles. The summed E-state index contributed by atoms with van der Waals surface area (Å²) in [6.45, 7) is 0.719. The Bertz CT molecular complexity index is 551. The number of fused-ring (bicyclic) bond motifs is 1. The lowest BCUT2D eigenvalue weighted by Gasteiger charge is -2.00. The molecular formula is C12H9NO3S. The van der Waals surface area contributed by atoms with Gasteiger partial charge < -0.3 is 9.47 Å². The lowest BCUT2D eigenvalue weighted by molar-refractivity contribution is -0.116. The summed E-state index contributed by atoms with van der Waals surface area (Å²) in [4.78, 5) is 11.4. The molecule has 1 N–H and O–H groups in total. The topological polar surface area (TPSA) is 47.6 Å². The minimum atomic E-state index is -0.299. The van der Waals surface area contributed by atoms with Crippen molar-refractivity contribution in [3.63, 3.8) is 0 Å². The first-order valence-corrected chi connectivity index (χ1v) is 5.64. The number of amides is 1. The fourth-order valence-electron chi connectivity index (χ4n) is 1.87. The highest BCUT2D eigenvalue weighted by Gasteiger charge is 2.23. The molecule has 2 heterocycles. The lowest BCUT2D eigenvalue weighted by Crippen LogP contribution is -2.18. The van der Waals surface area contributed by atoms with Crippen LogP contribution in [0.2, 0.25) is 0 Å². The molecule has 86 valence electrons. The van der Waals surface area contributed by atoms with E-state index in [0.717, 1.165) is 29.9 Å². The first kappa shape index (κ1) is 10.3. The molecule has 0 aromatic heterocycles. The highest BCUT2D eigenvalue weighted by atomic mass is 32.1. The molecule has 4 nitrogen and oxygen atoms in total. The minimum Gasteiger partial charge on any atom is -0.493 e. The van der Waals surface area contributed by atoms with Crippen LogP contribution in [-0.4, -0.2) is 17.7 Å². The van der Waals surface area contributed by atoms with Gasteiger partial charge in [-0.1, -0.05) is 6.07 Å². The van der Waals surface area contributed by atoms with E-state index in [4.69, 9.17) is 21.7 Å². The van der Waals surface area contributed by atoms with Gasteiger partial charge in [0.05, 0.1) is 6.61 Å². The molecule has 5 heteroatoms. The van der Waals surface area contributed by atoms with Gasteiger partial charge in [0.15, 0.2) is 5.76 Å². The van der Waals surface area contributed by atoms with Gasteiger partial charge in [0.1, 0.15) is 5.75 Å². The maximum atomic E-state index is 11.4. The van der Waals surface area contributed by atoms with Crippen LogP contribution in [0.1, 0.15) is 11.1 Å². The second-order valence-corrected chi connectivity index (χ2v) is 4.19. The van der Waals surface area contributed by atoms with Crippen molar-refractivity contribution in [1.82, 2.24) is 5.32 Å². The van der Waals surface area contributed by atoms with Gasteiger partial charge in [-0.3, -0.25) is 10.1 Å². The average molecular weight is 247 g/mol. The van der Waals surface area contributed by atoms with Gasteiger partial charge in [0, 0.05) is 6.42 Å². The van der Waals surface area contributed by atoms with Gasteiger partial charge >= 0.3 is 0 Å². The number of thiocarbonyl (C=S) groups is 1. The molecule has 0 radical (unpaired) electrons. The Morgan fingerprint density at radius 3 is 3.06 bits per heavy atom. The van der Waals surface area contributed by atoms with Crippen LogP contribution in [0, 0.1) is 0 Å². The zero-order valence-electron chi connectivity index (χ0n) is 8.86. The van der Waals surface area contributed by atoms with Crippen molar-refractivity contribution in [2.24, 2.45) is 0 Å². The summed E-state index contributed by atoms with van der Waals surface area (Å²) in [7, 11) is 0. The van der Waals surface area contributed by atoms with Gasteiger partial charge in [0.25, 0.3) is 11.1 Å². The minimum absolute atomic E-state index is 0.103. The molecule has 1 aromatic rings. The first-order valence-electron chi connectivity index (χ1n) is 5.23.